The molecule has 0 heterocycles. The minimum absolute atomic E-state index is 0.287. The molecule has 0 aliphatic heterocycles. The maximum atomic E-state index is 9.31. The Morgan fingerprint density at radius 1 is 1.46 bits per heavy atom. The number of hydrogen-bond donors (Lipinski definition) is 1. The Balaban J connectivity index is 3.34. The van der Waals surface area contributed by atoms with Crippen molar-refractivity contribution in [3.8, 4) is 0 Å². The van der Waals surface area contributed by atoms with Gasteiger partial charge in [-0.3, -0.25) is 0 Å². The van der Waals surface area contributed by atoms with Crippen molar-refractivity contribution in [3.63, 3.8) is 0 Å². The molecule has 1 unspecified atom stereocenters. The molecule has 0 radical (unpaired) electrons. The van der Waals surface area contributed by atoms with E-state index in [0.29, 0.717) is 11.9 Å². The molecule has 0 spiro atoms. The first kappa shape index (κ1) is 13.4. The molecule has 0 rings (SSSR count). The number of halogens is 1. The van der Waals surface area contributed by atoms with E-state index in [-0.39, 0.29) is 12.2 Å². The van der Waals surface area contributed by atoms with Crippen LogP contribution in [0.4, 0.5) is 0 Å². The fourth-order valence-electron chi connectivity index (χ4n) is 0.944. The first-order valence-corrected chi connectivity index (χ1v) is 5.72. The molecule has 3 nitrogen and oxygen atoms in total. The van der Waals surface area contributed by atoms with Gasteiger partial charge in [0.2, 0.25) is 0 Å². The molecule has 4 heteroatoms. The third kappa shape index (κ3) is 8.68. The number of alkyl halides is 1. The first-order chi connectivity index (χ1) is 6.06. The van der Waals surface area contributed by atoms with Crippen LogP contribution in [0.15, 0.2) is 0 Å². The van der Waals surface area contributed by atoms with Crippen LogP contribution in [0.2, 0.25) is 0 Å². The van der Waals surface area contributed by atoms with E-state index in [9.17, 15) is 5.11 Å². The van der Waals surface area contributed by atoms with Gasteiger partial charge in [0.25, 0.3) is 0 Å². The minimum atomic E-state index is -0.288. The molecule has 0 aromatic rings. The summed E-state index contributed by atoms with van der Waals surface area (Å²) in [5.74, 6) is 0. The second kappa shape index (κ2) is 7.74. The summed E-state index contributed by atoms with van der Waals surface area (Å²) in [4.78, 5) is 2.06. The largest absolute Gasteiger partial charge is 0.391 e. The Kier molecular flexibility index (Phi) is 7.95. The van der Waals surface area contributed by atoms with Crippen molar-refractivity contribution in [1.29, 1.82) is 0 Å². The van der Waals surface area contributed by atoms with E-state index in [1.165, 1.54) is 0 Å². The van der Waals surface area contributed by atoms with Crippen molar-refractivity contribution < 1.29 is 9.84 Å². The van der Waals surface area contributed by atoms with E-state index in [0.717, 1.165) is 13.2 Å². The summed E-state index contributed by atoms with van der Waals surface area (Å²) in [6, 6.07) is 0. The minimum Gasteiger partial charge on any atom is -0.391 e. The topological polar surface area (TPSA) is 32.7 Å². The highest BCUT2D eigenvalue weighted by Crippen LogP contribution is 1.94. The zero-order valence-corrected chi connectivity index (χ0v) is 10.2. The zero-order valence-electron chi connectivity index (χ0n) is 8.66. The molecular formula is C9H20BrNO2. The van der Waals surface area contributed by atoms with Gasteiger partial charge in [0.15, 0.2) is 0 Å². The molecule has 80 valence electrons. The molecule has 0 aromatic carbocycles. The number of aliphatic hydroxyl groups is 1. The zero-order chi connectivity index (χ0) is 10.3. The summed E-state index contributed by atoms with van der Waals surface area (Å²) in [6.07, 6.45) is -0.00134. The van der Waals surface area contributed by atoms with Gasteiger partial charge in [0.1, 0.15) is 0 Å². The summed E-state index contributed by atoms with van der Waals surface area (Å²) in [5.41, 5.74) is 0. The van der Waals surface area contributed by atoms with E-state index in [1.54, 1.807) is 0 Å². The van der Waals surface area contributed by atoms with Gasteiger partial charge in [-0.25, -0.2) is 0 Å². The molecule has 0 amide bonds. The summed E-state index contributed by atoms with van der Waals surface area (Å²) in [7, 11) is 1.98. The van der Waals surface area contributed by atoms with Crippen molar-refractivity contribution in [2.24, 2.45) is 0 Å². The van der Waals surface area contributed by atoms with Crippen molar-refractivity contribution in [2.45, 2.75) is 26.1 Å². The Morgan fingerprint density at radius 3 is 2.54 bits per heavy atom. The quantitative estimate of drug-likeness (QED) is 0.690. The van der Waals surface area contributed by atoms with E-state index >= 15 is 0 Å². The maximum absolute atomic E-state index is 9.31. The Hall–Kier alpha value is 0.360. The molecule has 0 bridgehead atoms. The van der Waals surface area contributed by atoms with E-state index < -0.39 is 0 Å². The van der Waals surface area contributed by atoms with Crippen LogP contribution >= 0.6 is 15.9 Å². The number of likely N-dealkylation sites (N-methyl/N-ethyl adjacent to an activating group) is 1. The second-order valence-electron chi connectivity index (χ2n) is 3.49. The van der Waals surface area contributed by atoms with Crippen LogP contribution in [0, 0.1) is 0 Å². The second-order valence-corrected chi connectivity index (χ2v) is 4.14. The van der Waals surface area contributed by atoms with Gasteiger partial charge < -0.3 is 14.7 Å². The number of ether oxygens (including phenoxy) is 1. The van der Waals surface area contributed by atoms with Crippen LogP contribution in [0.5, 0.6) is 0 Å². The predicted molar refractivity (Wildman–Crippen MR) is 58.4 cm³/mol. The van der Waals surface area contributed by atoms with Gasteiger partial charge >= 0.3 is 0 Å². The van der Waals surface area contributed by atoms with Crippen LogP contribution < -0.4 is 0 Å². The third-order valence-electron chi connectivity index (χ3n) is 1.62. The lowest BCUT2D eigenvalue weighted by Gasteiger charge is -2.19. The highest BCUT2D eigenvalue weighted by Gasteiger charge is 2.06. The molecule has 0 aliphatic carbocycles. The standard InChI is InChI=1S/C9H20BrNO2/c1-8(2)13-5-4-11(3)7-9(12)6-10/h8-9,12H,4-7H2,1-3H3. The van der Waals surface area contributed by atoms with E-state index in [4.69, 9.17) is 4.74 Å². The Bertz CT molecular complexity index is 122. The molecule has 0 aromatic heterocycles. The van der Waals surface area contributed by atoms with Crippen molar-refractivity contribution in [2.75, 3.05) is 32.1 Å². The fourth-order valence-corrected chi connectivity index (χ4v) is 1.15. The number of rotatable bonds is 7. The summed E-state index contributed by atoms with van der Waals surface area (Å²) in [5, 5.41) is 9.93. The van der Waals surface area contributed by atoms with Gasteiger partial charge in [-0.2, -0.15) is 0 Å². The fraction of sp³-hybridized carbons (Fsp3) is 1.00. The number of hydrogen-bond acceptors (Lipinski definition) is 3. The van der Waals surface area contributed by atoms with Crippen LogP contribution in [0.1, 0.15) is 13.8 Å². The summed E-state index contributed by atoms with van der Waals surface area (Å²) >= 11 is 3.23. The van der Waals surface area contributed by atoms with E-state index in [1.807, 2.05) is 20.9 Å². The van der Waals surface area contributed by atoms with Crippen LogP contribution in [-0.4, -0.2) is 54.3 Å². The van der Waals surface area contributed by atoms with Gasteiger partial charge in [0.05, 0.1) is 18.8 Å². The van der Waals surface area contributed by atoms with Gasteiger partial charge in [0, 0.05) is 18.4 Å². The average molecular weight is 254 g/mol. The molecule has 1 atom stereocenters. The predicted octanol–water partition coefficient (Wildman–Crippen LogP) is 1.10. The Labute approximate surface area is 89.2 Å². The Morgan fingerprint density at radius 2 is 2.08 bits per heavy atom. The molecule has 0 fully saturated rings. The highest BCUT2D eigenvalue weighted by molar-refractivity contribution is 9.09. The summed E-state index contributed by atoms with van der Waals surface area (Å²) < 4.78 is 5.39. The van der Waals surface area contributed by atoms with Crippen molar-refractivity contribution in [1.82, 2.24) is 4.90 Å². The van der Waals surface area contributed by atoms with Crippen LogP contribution in [0.25, 0.3) is 0 Å². The maximum Gasteiger partial charge on any atom is 0.0763 e. The van der Waals surface area contributed by atoms with Crippen molar-refractivity contribution in [3.05, 3.63) is 0 Å². The smallest absolute Gasteiger partial charge is 0.0763 e. The normalized spacial score (nSPS) is 14.1. The molecule has 0 aliphatic rings. The van der Waals surface area contributed by atoms with Crippen LogP contribution in [0.3, 0.4) is 0 Å². The molecular weight excluding hydrogens is 234 g/mol. The molecule has 0 saturated heterocycles. The van der Waals surface area contributed by atoms with Gasteiger partial charge in [-0.05, 0) is 20.9 Å². The van der Waals surface area contributed by atoms with Crippen molar-refractivity contribution >= 4 is 15.9 Å². The van der Waals surface area contributed by atoms with Crippen LogP contribution in [-0.2, 0) is 4.74 Å². The van der Waals surface area contributed by atoms with E-state index in [2.05, 4.69) is 20.8 Å². The van der Waals surface area contributed by atoms with Gasteiger partial charge in [-0.15, -0.1) is 0 Å². The molecule has 1 N–H and O–H groups in total. The lowest BCUT2D eigenvalue weighted by Crippen LogP contribution is -2.32. The van der Waals surface area contributed by atoms with Gasteiger partial charge in [-0.1, -0.05) is 15.9 Å². The first-order valence-electron chi connectivity index (χ1n) is 4.60. The average Bonchev–Trinajstić information content (AvgIpc) is 2.03. The summed E-state index contributed by atoms with van der Waals surface area (Å²) in [6.45, 7) is 6.32. The monoisotopic (exact) mass is 253 g/mol. The molecule has 13 heavy (non-hydrogen) atoms. The third-order valence-corrected chi connectivity index (χ3v) is 2.37. The molecule has 0 saturated carbocycles. The lowest BCUT2D eigenvalue weighted by atomic mass is 10.4. The lowest BCUT2D eigenvalue weighted by molar-refractivity contribution is 0.0549. The highest BCUT2D eigenvalue weighted by atomic mass is 79.9. The number of nitrogens with zero attached hydrogens (tertiary/aromatic N) is 1. The number of aliphatic hydroxyl groups excluding tert-OH is 1. The SMILES string of the molecule is CC(C)OCCN(C)CC(O)CBr.